The first kappa shape index (κ1) is 40.7. The van der Waals surface area contributed by atoms with Crippen molar-refractivity contribution in [2.24, 2.45) is 17.8 Å². The summed E-state index contributed by atoms with van der Waals surface area (Å²) in [6.45, 7) is 16.7. The second-order valence-corrected chi connectivity index (χ2v) is 19.6. The van der Waals surface area contributed by atoms with Crippen LogP contribution in [-0.2, 0) is 31.4 Å². The number of allylic oxidation sites excluding steroid dienone is 1. The summed E-state index contributed by atoms with van der Waals surface area (Å²) < 4.78 is 41.3. The largest absolute Gasteiger partial charge is 0.490 e. The number of anilines is 1. The van der Waals surface area contributed by atoms with Crippen LogP contribution in [0.3, 0.4) is 0 Å². The summed E-state index contributed by atoms with van der Waals surface area (Å²) in [5.74, 6) is -0.203. The summed E-state index contributed by atoms with van der Waals surface area (Å²) in [6.07, 6.45) is 9.65. The van der Waals surface area contributed by atoms with E-state index in [1.165, 1.54) is 24.2 Å². The van der Waals surface area contributed by atoms with Gasteiger partial charge in [-0.3, -0.25) is 14.5 Å². The van der Waals surface area contributed by atoms with Crippen LogP contribution >= 0.6 is 11.6 Å². The Morgan fingerprint density at radius 1 is 1.07 bits per heavy atom. The van der Waals surface area contributed by atoms with Crippen LogP contribution < -0.4 is 19.7 Å². The monoisotopic (exact) mass is 782 g/mol. The molecule has 7 rings (SSSR count). The Morgan fingerprint density at radius 3 is 2.48 bits per heavy atom. The predicted molar refractivity (Wildman–Crippen MR) is 215 cm³/mol. The number of fused-ring (bicyclic) bond motifs is 4. The molecule has 296 valence electrons. The number of carbonyl (C=O) groups is 2. The van der Waals surface area contributed by atoms with E-state index in [4.69, 9.17) is 21.1 Å². The number of hydrogen-bond donors (Lipinski definition) is 2. The maximum atomic E-state index is 13.4. The van der Waals surface area contributed by atoms with E-state index in [2.05, 4.69) is 52.7 Å². The number of aryl methyl sites for hydroxylation is 1. The first-order chi connectivity index (χ1) is 25.6. The molecule has 2 bridgehead atoms. The molecule has 0 unspecified atom stereocenters. The maximum Gasteiger partial charge on any atom is 0.264 e. The third-order valence-electron chi connectivity index (χ3n) is 12.8. The van der Waals surface area contributed by atoms with Crippen LogP contribution in [0.5, 0.6) is 5.75 Å². The number of benzene rings is 2. The summed E-state index contributed by atoms with van der Waals surface area (Å²) in [5.41, 5.74) is 2.41. The van der Waals surface area contributed by atoms with Gasteiger partial charge in [-0.25, -0.2) is 13.1 Å². The van der Waals surface area contributed by atoms with Gasteiger partial charge in [0.15, 0.2) is 6.29 Å². The van der Waals surface area contributed by atoms with Gasteiger partial charge in [-0.2, -0.15) is 0 Å². The van der Waals surface area contributed by atoms with Crippen LogP contribution in [0, 0.1) is 17.8 Å². The average molecular weight is 783 g/mol. The number of rotatable bonds is 2. The molecule has 10 nitrogen and oxygen atoms in total. The highest BCUT2D eigenvalue weighted by atomic mass is 35.5. The quantitative estimate of drug-likeness (QED) is 0.273. The minimum absolute atomic E-state index is 0.0434. The van der Waals surface area contributed by atoms with E-state index in [0.29, 0.717) is 42.4 Å². The van der Waals surface area contributed by atoms with Crippen molar-refractivity contribution < 1.29 is 27.5 Å². The van der Waals surface area contributed by atoms with Crippen molar-refractivity contribution in [1.29, 1.82) is 0 Å². The second-order valence-electron chi connectivity index (χ2n) is 17.1. The molecule has 3 heterocycles. The molecule has 12 heteroatoms. The van der Waals surface area contributed by atoms with Gasteiger partial charge in [-0.1, -0.05) is 30.7 Å². The molecule has 2 aliphatic carbocycles. The van der Waals surface area contributed by atoms with Gasteiger partial charge in [0.1, 0.15) is 11.4 Å². The van der Waals surface area contributed by atoms with E-state index in [-0.39, 0.29) is 28.7 Å². The fraction of sp³-hybridized carbons (Fsp3) is 0.619. The average Bonchev–Trinajstić information content (AvgIpc) is 3.28. The van der Waals surface area contributed by atoms with Crippen molar-refractivity contribution in [2.45, 2.75) is 94.9 Å². The molecule has 0 radical (unpaired) electrons. The van der Waals surface area contributed by atoms with Gasteiger partial charge in [0.25, 0.3) is 5.91 Å². The van der Waals surface area contributed by atoms with E-state index in [1.54, 1.807) is 32.2 Å². The Kier molecular flexibility index (Phi) is 12.3. The molecule has 2 fully saturated rings. The van der Waals surface area contributed by atoms with Crippen molar-refractivity contribution in [3.8, 4) is 5.75 Å². The Labute approximate surface area is 327 Å². The van der Waals surface area contributed by atoms with Gasteiger partial charge in [0.05, 0.1) is 17.5 Å². The minimum atomic E-state index is -3.97. The Balaban J connectivity index is 0.000000432. The van der Waals surface area contributed by atoms with Crippen LogP contribution in [0.2, 0.25) is 5.02 Å². The molecule has 5 aliphatic rings. The van der Waals surface area contributed by atoms with Crippen molar-refractivity contribution >= 4 is 39.5 Å². The molecule has 1 saturated heterocycles. The van der Waals surface area contributed by atoms with Gasteiger partial charge in [-0.05, 0) is 126 Å². The molecule has 1 amide bonds. The number of methoxy groups -OCH3 is 1. The van der Waals surface area contributed by atoms with Crippen LogP contribution in [0.15, 0.2) is 48.6 Å². The topological polar surface area (TPSA) is 117 Å². The first-order valence-corrected chi connectivity index (χ1v) is 21.6. The number of aldehydes is 1. The number of nitrogens with one attached hydrogen (secondary N) is 2. The molecule has 6 atom stereocenters. The Morgan fingerprint density at radius 2 is 1.83 bits per heavy atom. The molecule has 2 aromatic carbocycles. The number of sulfonamides is 1. The fourth-order valence-electron chi connectivity index (χ4n) is 9.02. The number of ether oxygens (including phenoxy) is 2. The van der Waals surface area contributed by atoms with Crippen LogP contribution in [-0.4, -0.2) is 94.9 Å². The van der Waals surface area contributed by atoms with Gasteiger partial charge in [-0.15, -0.1) is 0 Å². The number of amides is 1. The lowest BCUT2D eigenvalue weighted by molar-refractivity contribution is -0.135. The highest BCUT2D eigenvalue weighted by Crippen LogP contribution is 2.48. The molecule has 2 N–H and O–H groups in total. The smallest absolute Gasteiger partial charge is 0.264 e. The summed E-state index contributed by atoms with van der Waals surface area (Å²) in [7, 11) is -2.41. The number of piperazine rings is 1. The third kappa shape index (κ3) is 8.41. The minimum Gasteiger partial charge on any atom is -0.490 e. The highest BCUT2D eigenvalue weighted by Gasteiger charge is 2.49. The molecule has 3 aliphatic heterocycles. The van der Waals surface area contributed by atoms with E-state index in [0.717, 1.165) is 57.2 Å². The third-order valence-corrected chi connectivity index (χ3v) is 14.9. The van der Waals surface area contributed by atoms with E-state index in [1.807, 2.05) is 25.1 Å². The number of halogens is 1. The SMILES string of the molecule is CC(C)(C)N1CCNCC1.CO[C@]1(C=O)/C=C/C[C@H](C)[C@@H](C)S(=O)(=O)NC(=O)c2ccc3c(c2)N(C[C@@H]2CC[C@H]21)C[C@@]1(CCCc2cc(Cl)ccc21)CO3. The molecule has 54 heavy (non-hydrogen) atoms. The zero-order valence-corrected chi connectivity index (χ0v) is 34.4. The molecule has 1 spiro atoms. The standard InChI is InChI=1S/C34H41ClN2O6S.C8H18N2/c1-22-6-4-15-34(20-38,42-3)29-11-8-26(29)18-37-19-33(14-5-7-24-16-27(35)10-12-28(24)33)21-43-31-13-9-25(17-30(31)37)32(39)36-44(40,41)23(22)2;1-8(2,3)10-6-4-9-5-7-10/h4,9-10,12-13,15-17,20,22-23,26,29H,5-8,11,14,18-19,21H2,1-3H3,(H,36,39);9H,4-7H2,1-3H3/b15-4+;/t22-,23+,26-,29+,33-,34-;/m0./s1. The highest BCUT2D eigenvalue weighted by molar-refractivity contribution is 7.90. The number of carbonyl (C=O) groups excluding carboxylic acids is 2. The van der Waals surface area contributed by atoms with E-state index in [9.17, 15) is 18.0 Å². The zero-order valence-electron chi connectivity index (χ0n) is 32.8. The first-order valence-electron chi connectivity index (χ1n) is 19.6. The fourth-order valence-corrected chi connectivity index (χ4v) is 10.5. The summed E-state index contributed by atoms with van der Waals surface area (Å²) >= 11 is 6.40. The summed E-state index contributed by atoms with van der Waals surface area (Å²) in [5, 5.41) is 3.22. The number of nitrogens with zero attached hydrogens (tertiary/aromatic N) is 2. The second kappa shape index (κ2) is 16.3. The Bertz CT molecular complexity index is 1820. The zero-order chi connectivity index (χ0) is 38.9. The molecule has 1 saturated carbocycles. The molecule has 2 aromatic rings. The van der Waals surface area contributed by atoms with E-state index >= 15 is 0 Å². The maximum absolute atomic E-state index is 13.4. The summed E-state index contributed by atoms with van der Waals surface area (Å²) in [6, 6.07) is 11.3. The normalized spacial score (nSPS) is 31.9. The van der Waals surface area contributed by atoms with E-state index < -0.39 is 26.8 Å². The van der Waals surface area contributed by atoms with Crippen LogP contribution in [0.1, 0.15) is 88.2 Å². The van der Waals surface area contributed by atoms with Gasteiger partial charge in [0, 0.05) is 73.8 Å². The lowest BCUT2D eigenvalue weighted by atomic mass is 9.64. The lowest BCUT2D eigenvalue weighted by Gasteiger charge is -2.48. The van der Waals surface area contributed by atoms with Crippen molar-refractivity contribution in [3.63, 3.8) is 0 Å². The van der Waals surface area contributed by atoms with Gasteiger partial charge >= 0.3 is 0 Å². The molecule has 0 aromatic heterocycles. The van der Waals surface area contributed by atoms with Crippen molar-refractivity contribution in [2.75, 3.05) is 57.9 Å². The van der Waals surface area contributed by atoms with Gasteiger partial charge < -0.3 is 19.7 Å². The molecular weight excluding hydrogens is 724 g/mol. The van der Waals surface area contributed by atoms with Crippen molar-refractivity contribution in [1.82, 2.24) is 14.9 Å². The Hall–Kier alpha value is -2.96. The van der Waals surface area contributed by atoms with Gasteiger partial charge in [0.2, 0.25) is 10.0 Å². The lowest BCUT2D eigenvalue weighted by Crippen LogP contribution is -2.53. The van der Waals surface area contributed by atoms with Crippen LogP contribution in [0.4, 0.5) is 5.69 Å². The van der Waals surface area contributed by atoms with Crippen molar-refractivity contribution in [3.05, 3.63) is 70.3 Å². The van der Waals surface area contributed by atoms with Crippen LogP contribution in [0.25, 0.3) is 0 Å². The molecular formula is C42H59ClN4O6S. The number of hydrogen-bond acceptors (Lipinski definition) is 9. The predicted octanol–water partition coefficient (Wildman–Crippen LogP) is 6.16. The summed E-state index contributed by atoms with van der Waals surface area (Å²) in [4.78, 5) is 30.9.